The van der Waals surface area contributed by atoms with Gasteiger partial charge in [-0.1, -0.05) is 72.6 Å². The van der Waals surface area contributed by atoms with Gasteiger partial charge in [0.25, 0.3) is 11.8 Å². The molecule has 0 bridgehead atoms. The molecule has 2 aliphatic heterocycles. The minimum absolute atomic E-state index is 0.0263. The van der Waals surface area contributed by atoms with Crippen LogP contribution in [0.4, 0.5) is 11.4 Å². The first kappa shape index (κ1) is 25.4. The number of amidine groups is 1. The third-order valence-corrected chi connectivity index (χ3v) is 7.57. The molecule has 6 nitrogen and oxygen atoms in total. The fraction of sp³-hybridized carbons (Fsp3) is 0.143. The van der Waals surface area contributed by atoms with Crippen LogP contribution >= 0.6 is 39.3 Å². The van der Waals surface area contributed by atoms with Crippen LogP contribution in [0.1, 0.15) is 37.5 Å². The van der Waals surface area contributed by atoms with E-state index < -0.39 is 0 Å². The summed E-state index contributed by atoms with van der Waals surface area (Å²) >= 11 is 10.8. The molecule has 0 unspecified atom stereocenters. The molecule has 0 aliphatic carbocycles. The third kappa shape index (κ3) is 5.28. The monoisotopic (exact) mass is 592 g/mol. The number of benzene rings is 3. The van der Waals surface area contributed by atoms with E-state index in [2.05, 4.69) is 52.2 Å². The molecule has 1 N–H and O–H groups in total. The van der Waals surface area contributed by atoms with Gasteiger partial charge >= 0.3 is 0 Å². The number of nitrogens with zero attached hydrogens (tertiary/aromatic N) is 3. The lowest BCUT2D eigenvalue weighted by Crippen LogP contribution is -2.29. The minimum Gasteiger partial charge on any atom is -0.320 e. The minimum atomic E-state index is -0.373. The summed E-state index contributed by atoms with van der Waals surface area (Å²) in [4.78, 5) is 28.2. The Morgan fingerprint density at radius 1 is 1.00 bits per heavy atom. The smallest absolute Gasteiger partial charge is 0.276 e. The molecule has 1 saturated heterocycles. The number of thioether (sulfide) groups is 1. The SMILES string of the molecule is CC(C)(C)c1ccc(N2C(=O)C(=Cc3cccc(Br)c3)SC2=NN=C2C(=O)Nc3ccc(Cl)cc32)cc1. The number of nitrogens with one attached hydrogen (secondary N) is 1. The Morgan fingerprint density at radius 3 is 2.46 bits per heavy atom. The quantitative estimate of drug-likeness (QED) is 0.257. The Morgan fingerprint density at radius 2 is 1.76 bits per heavy atom. The lowest BCUT2D eigenvalue weighted by Gasteiger charge is -2.21. The molecule has 0 atom stereocenters. The van der Waals surface area contributed by atoms with Gasteiger partial charge in [0.1, 0.15) is 0 Å². The third-order valence-electron chi connectivity index (χ3n) is 5.88. The molecule has 0 radical (unpaired) electrons. The lowest BCUT2D eigenvalue weighted by atomic mass is 9.87. The zero-order valence-corrected chi connectivity index (χ0v) is 23.4. The van der Waals surface area contributed by atoms with Crippen molar-refractivity contribution in [3.05, 3.63) is 97.8 Å². The first-order chi connectivity index (χ1) is 17.6. The highest BCUT2D eigenvalue weighted by atomic mass is 79.9. The van der Waals surface area contributed by atoms with Crippen LogP contribution in [-0.4, -0.2) is 22.7 Å². The molecule has 2 aliphatic rings. The highest BCUT2D eigenvalue weighted by molar-refractivity contribution is 9.10. The maximum Gasteiger partial charge on any atom is 0.276 e. The van der Waals surface area contributed by atoms with Crippen LogP contribution < -0.4 is 10.2 Å². The Hall–Kier alpha value is -3.20. The summed E-state index contributed by atoms with van der Waals surface area (Å²) in [6.45, 7) is 6.41. The van der Waals surface area contributed by atoms with Crippen LogP contribution in [0.15, 0.2) is 86.3 Å². The van der Waals surface area contributed by atoms with Gasteiger partial charge in [0.15, 0.2) is 5.71 Å². The number of hydrogen-bond donors (Lipinski definition) is 1. The Balaban J connectivity index is 1.57. The van der Waals surface area contributed by atoms with E-state index in [4.69, 9.17) is 11.6 Å². The van der Waals surface area contributed by atoms with Crippen LogP contribution in [0.5, 0.6) is 0 Å². The van der Waals surface area contributed by atoms with Gasteiger partial charge in [0.05, 0.1) is 16.3 Å². The molecule has 0 saturated carbocycles. The molecule has 1 fully saturated rings. The predicted molar refractivity (Wildman–Crippen MR) is 156 cm³/mol. The molecule has 5 rings (SSSR count). The molecular formula is C28H22BrClN4O2S. The number of hydrogen-bond acceptors (Lipinski definition) is 5. The van der Waals surface area contributed by atoms with Crippen molar-refractivity contribution in [1.82, 2.24) is 0 Å². The maximum absolute atomic E-state index is 13.6. The molecule has 3 aromatic rings. The summed E-state index contributed by atoms with van der Waals surface area (Å²) in [5.41, 5.74) is 4.00. The largest absolute Gasteiger partial charge is 0.320 e. The van der Waals surface area contributed by atoms with E-state index in [1.807, 2.05) is 54.6 Å². The second kappa shape index (κ2) is 9.93. The number of fused-ring (bicyclic) bond motifs is 1. The number of amides is 2. The van der Waals surface area contributed by atoms with Crippen molar-refractivity contribution in [3.8, 4) is 0 Å². The number of carbonyl (C=O) groups is 2. The molecule has 0 spiro atoms. The molecule has 2 amide bonds. The molecule has 9 heteroatoms. The van der Waals surface area contributed by atoms with Gasteiger partial charge in [-0.2, -0.15) is 0 Å². The van der Waals surface area contributed by atoms with Crippen molar-refractivity contribution in [2.75, 3.05) is 10.2 Å². The summed E-state index contributed by atoms with van der Waals surface area (Å²) in [5, 5.41) is 12.3. The van der Waals surface area contributed by atoms with Crippen molar-refractivity contribution >= 4 is 79.4 Å². The molecule has 2 heterocycles. The Labute approximate surface area is 232 Å². The van der Waals surface area contributed by atoms with E-state index in [0.717, 1.165) is 15.6 Å². The van der Waals surface area contributed by atoms with E-state index in [1.165, 1.54) is 16.7 Å². The van der Waals surface area contributed by atoms with Crippen LogP contribution in [0.2, 0.25) is 5.02 Å². The standard InChI is InChI=1S/C28H22BrClN4O2S/c1-28(2,3)17-7-10-20(11-8-17)34-26(36)23(14-16-5-4-6-18(29)13-16)37-27(34)33-32-24-21-15-19(30)9-12-22(21)31-25(24)35/h4-15H,1-3H3,(H,31,32,35). The number of anilines is 2. The molecular weight excluding hydrogens is 572 g/mol. The summed E-state index contributed by atoms with van der Waals surface area (Å²) in [6, 6.07) is 20.6. The van der Waals surface area contributed by atoms with Crippen molar-refractivity contribution in [2.24, 2.45) is 10.2 Å². The highest BCUT2D eigenvalue weighted by Crippen LogP contribution is 2.37. The van der Waals surface area contributed by atoms with Crippen LogP contribution in [0, 0.1) is 0 Å². The normalized spacial score (nSPS) is 18.7. The van der Waals surface area contributed by atoms with Crippen molar-refractivity contribution in [2.45, 2.75) is 26.2 Å². The highest BCUT2D eigenvalue weighted by Gasteiger charge is 2.35. The summed E-state index contributed by atoms with van der Waals surface area (Å²) in [6.07, 6.45) is 1.82. The Kier molecular flexibility index (Phi) is 6.83. The average Bonchev–Trinajstić information content (AvgIpc) is 3.32. The number of halogens is 2. The zero-order valence-electron chi connectivity index (χ0n) is 20.3. The Bertz CT molecular complexity index is 1520. The molecule has 3 aromatic carbocycles. The van der Waals surface area contributed by atoms with Gasteiger partial charge in [-0.05, 0) is 76.8 Å². The number of carbonyl (C=O) groups excluding carboxylic acids is 2. The van der Waals surface area contributed by atoms with Crippen molar-refractivity contribution < 1.29 is 9.59 Å². The first-order valence-corrected chi connectivity index (χ1v) is 13.5. The number of rotatable bonds is 3. The van der Waals surface area contributed by atoms with Gasteiger partial charge in [-0.3, -0.25) is 14.5 Å². The first-order valence-electron chi connectivity index (χ1n) is 11.5. The maximum atomic E-state index is 13.6. The van der Waals surface area contributed by atoms with Gasteiger partial charge in [-0.15, -0.1) is 10.2 Å². The van der Waals surface area contributed by atoms with Crippen molar-refractivity contribution in [3.63, 3.8) is 0 Å². The second-order valence-electron chi connectivity index (χ2n) is 9.58. The van der Waals surface area contributed by atoms with Gasteiger partial charge in [0.2, 0.25) is 5.17 Å². The van der Waals surface area contributed by atoms with E-state index in [1.54, 1.807) is 18.2 Å². The summed E-state index contributed by atoms with van der Waals surface area (Å²) < 4.78 is 0.914. The fourth-order valence-corrected chi connectivity index (χ4v) is 5.46. The van der Waals surface area contributed by atoms with Gasteiger partial charge in [0, 0.05) is 15.1 Å². The van der Waals surface area contributed by atoms with Gasteiger partial charge in [-0.25, -0.2) is 0 Å². The topological polar surface area (TPSA) is 74.1 Å². The second-order valence-corrected chi connectivity index (χ2v) is 11.9. The van der Waals surface area contributed by atoms with E-state index in [9.17, 15) is 9.59 Å². The molecule has 186 valence electrons. The van der Waals surface area contributed by atoms with Crippen LogP contribution in [-0.2, 0) is 15.0 Å². The van der Waals surface area contributed by atoms with Crippen LogP contribution in [0.25, 0.3) is 6.08 Å². The van der Waals surface area contributed by atoms with E-state index in [-0.39, 0.29) is 22.9 Å². The predicted octanol–water partition coefficient (Wildman–Crippen LogP) is 7.23. The van der Waals surface area contributed by atoms with E-state index in [0.29, 0.717) is 32.0 Å². The molecule has 37 heavy (non-hydrogen) atoms. The zero-order chi connectivity index (χ0) is 26.3. The molecule has 0 aromatic heterocycles. The van der Waals surface area contributed by atoms with Gasteiger partial charge < -0.3 is 5.32 Å². The van der Waals surface area contributed by atoms with Crippen LogP contribution in [0.3, 0.4) is 0 Å². The average molecular weight is 594 g/mol. The summed E-state index contributed by atoms with van der Waals surface area (Å²) in [7, 11) is 0. The van der Waals surface area contributed by atoms with Crippen molar-refractivity contribution in [1.29, 1.82) is 0 Å². The fourth-order valence-electron chi connectivity index (χ4n) is 3.94. The van der Waals surface area contributed by atoms with E-state index >= 15 is 0 Å². The summed E-state index contributed by atoms with van der Waals surface area (Å²) in [5.74, 6) is -0.589. The lowest BCUT2D eigenvalue weighted by molar-refractivity contribution is -0.113.